The molecule has 0 heterocycles. The Morgan fingerprint density at radius 1 is 1.15 bits per heavy atom. The Balaban J connectivity index is 2.25. The Morgan fingerprint density at radius 3 is 2.46 bits per heavy atom. The monoisotopic (exact) mass is 218 g/mol. The first-order chi connectivity index (χ1) is 6.33. The summed E-state index contributed by atoms with van der Waals surface area (Å²) in [6, 6.07) is 7.65. The van der Waals surface area contributed by atoms with E-state index in [2.05, 4.69) is 0 Å². The van der Waals surface area contributed by atoms with Gasteiger partial charge in [0.1, 0.15) is 0 Å². The molecule has 0 aliphatic carbocycles. The fourth-order valence-corrected chi connectivity index (χ4v) is 1.16. The smallest absolute Gasteiger partial charge is 0.0716 e. The van der Waals surface area contributed by atoms with Crippen LogP contribution in [0.5, 0.6) is 0 Å². The van der Waals surface area contributed by atoms with E-state index in [1.165, 1.54) is 0 Å². The molecule has 0 bridgehead atoms. The van der Waals surface area contributed by atoms with Gasteiger partial charge in [0, 0.05) is 17.5 Å². The SMILES string of the molecule is ClCCCOCc1ccc(Cl)cc1. The Kier molecular flexibility index (Phi) is 5.21. The first-order valence-corrected chi connectivity index (χ1v) is 5.12. The van der Waals surface area contributed by atoms with Gasteiger partial charge in [0.25, 0.3) is 0 Å². The number of hydrogen-bond acceptors (Lipinski definition) is 1. The standard InChI is InChI=1S/C10H12Cl2O/c11-6-1-7-13-8-9-2-4-10(12)5-3-9/h2-5H,1,6-8H2. The second-order valence-electron chi connectivity index (χ2n) is 2.72. The van der Waals surface area contributed by atoms with E-state index < -0.39 is 0 Å². The molecule has 0 amide bonds. The first kappa shape index (κ1) is 10.8. The molecule has 1 rings (SSSR count). The lowest BCUT2D eigenvalue weighted by Crippen LogP contribution is -1.95. The van der Waals surface area contributed by atoms with Gasteiger partial charge in [-0.2, -0.15) is 0 Å². The molecule has 3 heteroatoms. The third-order valence-corrected chi connectivity index (χ3v) is 2.12. The second kappa shape index (κ2) is 6.25. The third kappa shape index (κ3) is 4.51. The molecular formula is C10H12Cl2O. The van der Waals surface area contributed by atoms with E-state index in [0.29, 0.717) is 19.1 Å². The average Bonchev–Trinajstić information content (AvgIpc) is 2.15. The van der Waals surface area contributed by atoms with Gasteiger partial charge in [0.2, 0.25) is 0 Å². The van der Waals surface area contributed by atoms with E-state index in [1.54, 1.807) is 0 Å². The zero-order valence-corrected chi connectivity index (χ0v) is 8.81. The zero-order valence-electron chi connectivity index (χ0n) is 7.30. The van der Waals surface area contributed by atoms with Crippen LogP contribution in [-0.4, -0.2) is 12.5 Å². The van der Waals surface area contributed by atoms with E-state index in [0.717, 1.165) is 17.0 Å². The van der Waals surface area contributed by atoms with E-state index >= 15 is 0 Å². The fourth-order valence-electron chi connectivity index (χ4n) is 0.927. The Hall–Kier alpha value is -0.240. The molecule has 0 fully saturated rings. The zero-order chi connectivity index (χ0) is 9.52. The fraction of sp³-hybridized carbons (Fsp3) is 0.400. The molecule has 72 valence electrons. The lowest BCUT2D eigenvalue weighted by Gasteiger charge is -2.02. The van der Waals surface area contributed by atoms with Crippen molar-refractivity contribution in [3.05, 3.63) is 34.9 Å². The molecule has 0 N–H and O–H groups in total. The first-order valence-electron chi connectivity index (χ1n) is 4.21. The van der Waals surface area contributed by atoms with Crippen LogP contribution in [0.3, 0.4) is 0 Å². The topological polar surface area (TPSA) is 9.23 Å². The summed E-state index contributed by atoms with van der Waals surface area (Å²) in [5.74, 6) is 0.653. The van der Waals surface area contributed by atoms with Crippen molar-refractivity contribution >= 4 is 23.2 Å². The molecule has 1 aromatic rings. The number of benzene rings is 1. The van der Waals surface area contributed by atoms with Crippen LogP contribution < -0.4 is 0 Å². The van der Waals surface area contributed by atoms with Gasteiger partial charge < -0.3 is 4.74 Å². The summed E-state index contributed by atoms with van der Waals surface area (Å²) in [5, 5.41) is 0.754. The second-order valence-corrected chi connectivity index (χ2v) is 3.54. The summed E-state index contributed by atoms with van der Waals surface area (Å²) in [6.45, 7) is 1.35. The lowest BCUT2D eigenvalue weighted by atomic mass is 10.2. The van der Waals surface area contributed by atoms with E-state index in [-0.39, 0.29) is 0 Å². The van der Waals surface area contributed by atoms with Crippen molar-refractivity contribution in [2.24, 2.45) is 0 Å². The highest BCUT2D eigenvalue weighted by Gasteiger charge is 1.92. The molecule has 0 saturated heterocycles. The molecule has 0 aromatic heterocycles. The van der Waals surface area contributed by atoms with Crippen molar-refractivity contribution in [2.45, 2.75) is 13.0 Å². The van der Waals surface area contributed by atoms with Crippen LogP contribution in [-0.2, 0) is 11.3 Å². The Labute approximate surface area is 88.6 Å². The van der Waals surface area contributed by atoms with E-state index in [4.69, 9.17) is 27.9 Å². The molecule has 0 spiro atoms. The number of hydrogen-bond donors (Lipinski definition) is 0. The maximum Gasteiger partial charge on any atom is 0.0716 e. The highest BCUT2D eigenvalue weighted by Crippen LogP contribution is 2.10. The highest BCUT2D eigenvalue weighted by atomic mass is 35.5. The molecular weight excluding hydrogens is 207 g/mol. The third-order valence-electron chi connectivity index (χ3n) is 1.60. The minimum absolute atomic E-state index is 0.633. The number of halogens is 2. The maximum absolute atomic E-state index is 5.74. The molecule has 1 aromatic carbocycles. The minimum atomic E-state index is 0.633. The van der Waals surface area contributed by atoms with Crippen LogP contribution >= 0.6 is 23.2 Å². The predicted molar refractivity (Wildman–Crippen MR) is 56.4 cm³/mol. The van der Waals surface area contributed by atoms with Crippen molar-refractivity contribution in [1.82, 2.24) is 0 Å². The molecule has 1 nitrogen and oxygen atoms in total. The minimum Gasteiger partial charge on any atom is -0.377 e. The summed E-state index contributed by atoms with van der Waals surface area (Å²) >= 11 is 11.2. The largest absolute Gasteiger partial charge is 0.377 e. The molecule has 0 unspecified atom stereocenters. The average molecular weight is 219 g/mol. The molecule has 0 radical (unpaired) electrons. The van der Waals surface area contributed by atoms with Gasteiger partial charge >= 0.3 is 0 Å². The maximum atomic E-state index is 5.74. The van der Waals surface area contributed by atoms with Crippen LogP contribution in [0.1, 0.15) is 12.0 Å². The van der Waals surface area contributed by atoms with Crippen LogP contribution in [0.2, 0.25) is 5.02 Å². The predicted octanol–water partition coefficient (Wildman–Crippen LogP) is 3.49. The lowest BCUT2D eigenvalue weighted by molar-refractivity contribution is 0.122. The summed E-state index contributed by atoms with van der Waals surface area (Å²) in [4.78, 5) is 0. The normalized spacial score (nSPS) is 10.3. The molecule has 0 saturated carbocycles. The van der Waals surface area contributed by atoms with Gasteiger partial charge in [-0.3, -0.25) is 0 Å². The van der Waals surface area contributed by atoms with Gasteiger partial charge in [-0.25, -0.2) is 0 Å². The molecule has 0 aliphatic rings. The van der Waals surface area contributed by atoms with Crippen molar-refractivity contribution in [3.8, 4) is 0 Å². The van der Waals surface area contributed by atoms with Crippen molar-refractivity contribution < 1.29 is 4.74 Å². The van der Waals surface area contributed by atoms with Crippen LogP contribution in [0.4, 0.5) is 0 Å². The van der Waals surface area contributed by atoms with Crippen LogP contribution in [0, 0.1) is 0 Å². The summed E-state index contributed by atoms with van der Waals surface area (Å²) in [5.41, 5.74) is 1.14. The van der Waals surface area contributed by atoms with Gasteiger partial charge in [-0.05, 0) is 24.1 Å². The van der Waals surface area contributed by atoms with Gasteiger partial charge in [0.15, 0.2) is 0 Å². The molecule has 0 atom stereocenters. The van der Waals surface area contributed by atoms with Crippen molar-refractivity contribution in [3.63, 3.8) is 0 Å². The quantitative estimate of drug-likeness (QED) is 0.544. The van der Waals surface area contributed by atoms with Gasteiger partial charge in [-0.15, -0.1) is 11.6 Å². The van der Waals surface area contributed by atoms with Gasteiger partial charge in [0.05, 0.1) is 6.61 Å². The summed E-state index contributed by atoms with van der Waals surface area (Å²) < 4.78 is 5.37. The highest BCUT2D eigenvalue weighted by molar-refractivity contribution is 6.30. The number of ether oxygens (including phenoxy) is 1. The molecule has 0 aliphatic heterocycles. The van der Waals surface area contributed by atoms with Crippen LogP contribution in [0.15, 0.2) is 24.3 Å². The van der Waals surface area contributed by atoms with E-state index in [1.807, 2.05) is 24.3 Å². The Morgan fingerprint density at radius 2 is 1.85 bits per heavy atom. The molecule has 13 heavy (non-hydrogen) atoms. The summed E-state index contributed by atoms with van der Waals surface area (Å²) in [6.07, 6.45) is 0.898. The number of alkyl halides is 1. The Bertz CT molecular complexity index is 233. The number of rotatable bonds is 5. The van der Waals surface area contributed by atoms with E-state index in [9.17, 15) is 0 Å². The van der Waals surface area contributed by atoms with Crippen molar-refractivity contribution in [1.29, 1.82) is 0 Å². The van der Waals surface area contributed by atoms with Crippen molar-refractivity contribution in [2.75, 3.05) is 12.5 Å². The van der Waals surface area contributed by atoms with Crippen LogP contribution in [0.25, 0.3) is 0 Å². The summed E-state index contributed by atoms with van der Waals surface area (Å²) in [7, 11) is 0. The van der Waals surface area contributed by atoms with Gasteiger partial charge in [-0.1, -0.05) is 23.7 Å².